The summed E-state index contributed by atoms with van der Waals surface area (Å²) in [5.41, 5.74) is 4.12. The molecule has 0 bridgehead atoms. The van der Waals surface area contributed by atoms with E-state index in [2.05, 4.69) is 23.1 Å². The lowest BCUT2D eigenvalue weighted by Gasteiger charge is -2.38. The Morgan fingerprint density at radius 2 is 1.97 bits per heavy atom. The van der Waals surface area contributed by atoms with Crippen molar-refractivity contribution in [1.29, 1.82) is 0 Å². The molecule has 2 aliphatic heterocycles. The Bertz CT molecular complexity index is 1030. The maximum Gasteiger partial charge on any atom is 0.304 e. The average Bonchev–Trinajstić information content (AvgIpc) is 3.56. The third-order valence-corrected chi connectivity index (χ3v) is 7.08. The zero-order chi connectivity index (χ0) is 21.4. The van der Waals surface area contributed by atoms with Gasteiger partial charge in [0, 0.05) is 23.1 Å². The van der Waals surface area contributed by atoms with Gasteiger partial charge < -0.3 is 14.7 Å². The van der Waals surface area contributed by atoms with Crippen molar-refractivity contribution < 1.29 is 19.0 Å². The first-order valence-corrected chi connectivity index (χ1v) is 11.2. The molecule has 0 aromatic heterocycles. The zero-order valence-electron chi connectivity index (χ0n) is 18.1. The van der Waals surface area contributed by atoms with E-state index in [0.717, 1.165) is 55.6 Å². The number of benzene rings is 2. The summed E-state index contributed by atoms with van der Waals surface area (Å²) >= 11 is 0. The van der Waals surface area contributed by atoms with Crippen LogP contribution in [0.25, 0.3) is 12.2 Å². The Morgan fingerprint density at radius 3 is 2.69 bits per heavy atom. The van der Waals surface area contributed by atoms with E-state index in [4.69, 9.17) is 9.84 Å². The molecule has 1 spiro atoms. The molecular weight excluding hydrogens is 429 g/mol. The Balaban J connectivity index is 0.00000245. The Hall–Kier alpha value is -2.37. The zero-order valence-corrected chi connectivity index (χ0v) is 18.9. The number of carbonyl (C=O) groups is 1. The predicted molar refractivity (Wildman–Crippen MR) is 126 cm³/mol. The van der Waals surface area contributed by atoms with Crippen LogP contribution in [0.4, 0.5) is 4.39 Å². The van der Waals surface area contributed by atoms with Crippen molar-refractivity contribution in [2.45, 2.75) is 43.4 Å². The van der Waals surface area contributed by atoms with Gasteiger partial charge in [-0.15, -0.1) is 12.4 Å². The van der Waals surface area contributed by atoms with Crippen molar-refractivity contribution in [3.05, 3.63) is 64.5 Å². The molecule has 4 nitrogen and oxygen atoms in total. The van der Waals surface area contributed by atoms with Gasteiger partial charge in [0.25, 0.3) is 0 Å². The number of rotatable bonds is 6. The molecule has 170 valence electrons. The molecule has 32 heavy (non-hydrogen) atoms. The van der Waals surface area contributed by atoms with Crippen LogP contribution in [0.5, 0.6) is 5.75 Å². The van der Waals surface area contributed by atoms with Crippen molar-refractivity contribution in [1.82, 2.24) is 4.90 Å². The van der Waals surface area contributed by atoms with Gasteiger partial charge in [0.15, 0.2) is 0 Å². The quantitative estimate of drug-likeness (QED) is 0.582. The molecule has 1 aliphatic carbocycles. The van der Waals surface area contributed by atoms with Crippen LogP contribution in [0, 0.1) is 5.82 Å². The monoisotopic (exact) mass is 457 g/mol. The van der Waals surface area contributed by atoms with Gasteiger partial charge in [-0.1, -0.05) is 36.4 Å². The number of fused-ring (bicyclic) bond motifs is 2. The standard InChI is InChI=1S/C26H28FNO3.ClH/c27-23-3-1-2-20(19-6-7-19)21(23)8-4-18-5-9-22-24(16-18)31-17-26(22)11-14-28(15-12-26)13-10-25(29)30;/h1-5,8-9,16,19H,6-7,10-15,17H2,(H,29,30);1H. The number of ether oxygens (including phenoxy) is 1. The molecule has 0 unspecified atom stereocenters. The minimum atomic E-state index is -0.741. The average molecular weight is 458 g/mol. The molecule has 2 heterocycles. The summed E-state index contributed by atoms with van der Waals surface area (Å²) in [4.78, 5) is 13.1. The number of likely N-dealkylation sites (tertiary alicyclic amines) is 1. The summed E-state index contributed by atoms with van der Waals surface area (Å²) < 4.78 is 20.5. The molecule has 2 fully saturated rings. The number of hydrogen-bond donors (Lipinski definition) is 1. The van der Waals surface area contributed by atoms with Gasteiger partial charge >= 0.3 is 5.97 Å². The highest BCUT2D eigenvalue weighted by Gasteiger charge is 2.42. The van der Waals surface area contributed by atoms with E-state index in [0.29, 0.717) is 24.6 Å². The summed E-state index contributed by atoms with van der Waals surface area (Å²) in [5.74, 6) is 0.527. The Kier molecular flexibility index (Phi) is 6.59. The number of aliphatic carboxylic acids is 1. The van der Waals surface area contributed by atoms with Crippen LogP contribution in [0.3, 0.4) is 0 Å². The highest BCUT2D eigenvalue weighted by molar-refractivity contribution is 5.85. The van der Waals surface area contributed by atoms with Gasteiger partial charge in [-0.05, 0) is 68.0 Å². The first kappa shape index (κ1) is 22.8. The van der Waals surface area contributed by atoms with Gasteiger partial charge in [-0.3, -0.25) is 4.79 Å². The normalized spacial score (nSPS) is 19.5. The van der Waals surface area contributed by atoms with Crippen molar-refractivity contribution in [3.63, 3.8) is 0 Å². The highest BCUT2D eigenvalue weighted by Crippen LogP contribution is 2.46. The van der Waals surface area contributed by atoms with Crippen LogP contribution in [0.2, 0.25) is 0 Å². The molecule has 2 aromatic carbocycles. The second kappa shape index (κ2) is 9.24. The molecule has 1 saturated carbocycles. The summed E-state index contributed by atoms with van der Waals surface area (Å²) in [7, 11) is 0. The van der Waals surface area contributed by atoms with Crippen molar-refractivity contribution in [3.8, 4) is 5.75 Å². The summed E-state index contributed by atoms with van der Waals surface area (Å²) in [6.45, 7) is 3.09. The van der Waals surface area contributed by atoms with Gasteiger partial charge in [0.2, 0.25) is 0 Å². The summed E-state index contributed by atoms with van der Waals surface area (Å²) in [5, 5.41) is 8.91. The molecule has 0 radical (unpaired) electrons. The molecule has 1 N–H and O–H groups in total. The first-order valence-electron chi connectivity index (χ1n) is 11.2. The molecule has 3 aliphatic rings. The second-order valence-corrected chi connectivity index (χ2v) is 9.16. The smallest absolute Gasteiger partial charge is 0.304 e. The second-order valence-electron chi connectivity index (χ2n) is 9.16. The first-order chi connectivity index (χ1) is 15.0. The van der Waals surface area contributed by atoms with E-state index in [-0.39, 0.29) is 30.1 Å². The Labute approximate surface area is 194 Å². The minimum Gasteiger partial charge on any atom is -0.492 e. The number of hydrogen-bond acceptors (Lipinski definition) is 3. The number of piperidine rings is 1. The van der Waals surface area contributed by atoms with Crippen LogP contribution in [-0.2, 0) is 10.2 Å². The predicted octanol–water partition coefficient (Wildman–Crippen LogP) is 5.50. The van der Waals surface area contributed by atoms with Gasteiger partial charge in [-0.25, -0.2) is 4.39 Å². The molecule has 5 rings (SSSR count). The number of halogens is 2. The van der Waals surface area contributed by atoms with Crippen LogP contribution in [0.1, 0.15) is 60.3 Å². The molecule has 6 heteroatoms. The lowest BCUT2D eigenvalue weighted by Crippen LogP contribution is -2.44. The lowest BCUT2D eigenvalue weighted by molar-refractivity contribution is -0.137. The van der Waals surface area contributed by atoms with Crippen LogP contribution >= 0.6 is 12.4 Å². The third-order valence-electron chi connectivity index (χ3n) is 7.08. The molecule has 1 saturated heterocycles. The third kappa shape index (κ3) is 4.55. The maximum atomic E-state index is 14.4. The van der Waals surface area contributed by atoms with E-state index in [1.165, 1.54) is 11.6 Å². The number of carboxylic acid groups (broad SMARTS) is 1. The topological polar surface area (TPSA) is 49.8 Å². The van der Waals surface area contributed by atoms with E-state index < -0.39 is 5.97 Å². The van der Waals surface area contributed by atoms with Gasteiger partial charge in [-0.2, -0.15) is 0 Å². The van der Waals surface area contributed by atoms with Gasteiger partial charge in [0.05, 0.1) is 13.0 Å². The Morgan fingerprint density at radius 1 is 1.19 bits per heavy atom. The van der Waals surface area contributed by atoms with Crippen LogP contribution < -0.4 is 4.74 Å². The van der Waals surface area contributed by atoms with Crippen molar-refractivity contribution in [2.75, 3.05) is 26.2 Å². The highest BCUT2D eigenvalue weighted by atomic mass is 35.5. The maximum absolute atomic E-state index is 14.4. The van der Waals surface area contributed by atoms with E-state index >= 15 is 0 Å². The van der Waals surface area contributed by atoms with Crippen molar-refractivity contribution in [2.24, 2.45) is 0 Å². The van der Waals surface area contributed by atoms with E-state index in [1.54, 1.807) is 6.07 Å². The fourth-order valence-electron chi connectivity index (χ4n) is 5.03. The van der Waals surface area contributed by atoms with Crippen molar-refractivity contribution >= 4 is 30.5 Å². The fourth-order valence-corrected chi connectivity index (χ4v) is 5.03. The summed E-state index contributed by atoms with van der Waals surface area (Å²) in [6.07, 6.45) is 8.33. The summed E-state index contributed by atoms with van der Waals surface area (Å²) in [6, 6.07) is 11.7. The lowest BCUT2D eigenvalue weighted by atomic mass is 9.74. The molecule has 2 aromatic rings. The fraction of sp³-hybridized carbons (Fsp3) is 0.423. The largest absolute Gasteiger partial charge is 0.492 e. The van der Waals surface area contributed by atoms with Gasteiger partial charge in [0.1, 0.15) is 11.6 Å². The SMILES string of the molecule is Cl.O=C(O)CCN1CCC2(CC1)COc1cc(C=Cc3c(F)cccc3C3CC3)ccc12. The number of carboxylic acids is 1. The van der Waals surface area contributed by atoms with E-state index in [1.807, 2.05) is 18.2 Å². The van der Waals surface area contributed by atoms with Crippen LogP contribution in [-0.4, -0.2) is 42.2 Å². The minimum absolute atomic E-state index is 0. The number of nitrogens with zero attached hydrogens (tertiary/aromatic N) is 1. The van der Waals surface area contributed by atoms with E-state index in [9.17, 15) is 9.18 Å². The molecule has 0 amide bonds. The molecular formula is C26H29ClFNO3. The molecule has 0 atom stereocenters. The van der Waals surface area contributed by atoms with Crippen LogP contribution in [0.15, 0.2) is 36.4 Å².